The third-order valence-corrected chi connectivity index (χ3v) is 4.39. The van der Waals surface area contributed by atoms with Gasteiger partial charge in [0.1, 0.15) is 5.82 Å². The van der Waals surface area contributed by atoms with Crippen molar-refractivity contribution in [1.29, 1.82) is 0 Å². The number of hydrogen-bond acceptors (Lipinski definition) is 1. The Morgan fingerprint density at radius 3 is 2.67 bits per heavy atom. The first-order valence-corrected chi connectivity index (χ1v) is 7.59. The second kappa shape index (κ2) is 6.67. The third-order valence-electron chi connectivity index (χ3n) is 3.89. The molecule has 0 aromatic heterocycles. The summed E-state index contributed by atoms with van der Waals surface area (Å²) in [5.41, 5.74) is 0.425. The lowest BCUT2D eigenvalue weighted by molar-refractivity contribution is 0.147. The summed E-state index contributed by atoms with van der Waals surface area (Å²) in [6.07, 6.45) is 7.53. The summed E-state index contributed by atoms with van der Waals surface area (Å²) in [7, 11) is 0. The molecule has 1 nitrogen and oxygen atoms in total. The van der Waals surface area contributed by atoms with Gasteiger partial charge in [0.15, 0.2) is 0 Å². The Labute approximate surface area is 117 Å². The highest BCUT2D eigenvalue weighted by molar-refractivity contribution is 9.10. The number of hydrogen-bond donors (Lipinski definition) is 1. The molecule has 1 fully saturated rings. The minimum absolute atomic E-state index is 0.319. The molecule has 0 saturated heterocycles. The van der Waals surface area contributed by atoms with Crippen molar-refractivity contribution in [3.05, 3.63) is 34.1 Å². The van der Waals surface area contributed by atoms with Crippen LogP contribution in [-0.2, 0) is 0 Å². The van der Waals surface area contributed by atoms with Crippen LogP contribution in [-0.4, -0.2) is 5.11 Å². The lowest BCUT2D eigenvalue weighted by atomic mass is 9.85. The molecule has 1 saturated carbocycles. The zero-order chi connectivity index (χ0) is 13.0. The van der Waals surface area contributed by atoms with Crippen LogP contribution in [0, 0.1) is 11.7 Å². The van der Waals surface area contributed by atoms with Crippen molar-refractivity contribution in [2.75, 3.05) is 0 Å². The van der Waals surface area contributed by atoms with Gasteiger partial charge in [-0.1, -0.05) is 54.1 Å². The second-order valence-corrected chi connectivity index (χ2v) is 6.18. The molecule has 0 aliphatic heterocycles. The Bertz CT molecular complexity index is 388. The van der Waals surface area contributed by atoms with Gasteiger partial charge in [0.2, 0.25) is 0 Å². The van der Waals surface area contributed by atoms with E-state index in [1.807, 2.05) is 0 Å². The molecule has 1 aromatic rings. The first-order valence-electron chi connectivity index (χ1n) is 6.80. The third kappa shape index (κ3) is 3.79. The van der Waals surface area contributed by atoms with Gasteiger partial charge in [-0.2, -0.15) is 0 Å². The maximum Gasteiger partial charge on any atom is 0.130 e. The monoisotopic (exact) mass is 314 g/mol. The summed E-state index contributed by atoms with van der Waals surface area (Å²) in [5.74, 6) is 0.410. The van der Waals surface area contributed by atoms with Gasteiger partial charge in [-0.25, -0.2) is 4.39 Å². The summed E-state index contributed by atoms with van der Waals surface area (Å²) >= 11 is 3.23. The molecule has 1 aliphatic carbocycles. The number of rotatable bonds is 4. The molecule has 2 rings (SSSR count). The predicted octanol–water partition coefficient (Wildman–Crippen LogP) is 4.98. The SMILES string of the molecule is OC(CCC1CCCCC1)c1ccc(Br)cc1F. The minimum atomic E-state index is -0.667. The second-order valence-electron chi connectivity index (χ2n) is 5.26. The molecule has 1 aliphatic rings. The van der Waals surface area contributed by atoms with E-state index in [0.29, 0.717) is 16.5 Å². The fourth-order valence-corrected chi connectivity index (χ4v) is 3.13. The van der Waals surface area contributed by atoms with Crippen molar-refractivity contribution in [3.63, 3.8) is 0 Å². The van der Waals surface area contributed by atoms with E-state index in [1.165, 1.54) is 38.2 Å². The van der Waals surface area contributed by atoms with E-state index in [1.54, 1.807) is 12.1 Å². The van der Waals surface area contributed by atoms with Crippen LogP contribution < -0.4 is 0 Å². The topological polar surface area (TPSA) is 20.2 Å². The lowest BCUT2D eigenvalue weighted by Crippen LogP contribution is -2.09. The van der Waals surface area contributed by atoms with Gasteiger partial charge in [0, 0.05) is 10.0 Å². The predicted molar refractivity (Wildman–Crippen MR) is 74.9 cm³/mol. The first kappa shape index (κ1) is 14.0. The van der Waals surface area contributed by atoms with E-state index in [0.717, 1.165) is 12.3 Å². The largest absolute Gasteiger partial charge is 0.388 e. The zero-order valence-electron chi connectivity index (χ0n) is 10.5. The molecule has 0 heterocycles. The maximum atomic E-state index is 13.7. The van der Waals surface area contributed by atoms with Gasteiger partial charge in [-0.15, -0.1) is 0 Å². The highest BCUT2D eigenvalue weighted by Gasteiger charge is 2.17. The van der Waals surface area contributed by atoms with Crippen LogP contribution in [0.3, 0.4) is 0 Å². The van der Waals surface area contributed by atoms with Gasteiger partial charge in [-0.05, 0) is 30.9 Å². The molecule has 3 heteroatoms. The van der Waals surface area contributed by atoms with Gasteiger partial charge >= 0.3 is 0 Å². The molecule has 100 valence electrons. The Balaban J connectivity index is 1.88. The molecule has 1 aromatic carbocycles. The number of benzene rings is 1. The molecule has 0 bridgehead atoms. The Hall–Kier alpha value is -0.410. The summed E-state index contributed by atoms with van der Waals surface area (Å²) in [5, 5.41) is 10.1. The van der Waals surface area contributed by atoms with E-state index in [-0.39, 0.29) is 5.82 Å². The van der Waals surface area contributed by atoms with Gasteiger partial charge < -0.3 is 5.11 Å². The van der Waals surface area contributed by atoms with E-state index >= 15 is 0 Å². The van der Waals surface area contributed by atoms with Crippen LogP contribution in [0.15, 0.2) is 22.7 Å². The van der Waals surface area contributed by atoms with Crippen LogP contribution in [0.4, 0.5) is 4.39 Å². The average Bonchev–Trinajstić information content (AvgIpc) is 2.37. The number of halogens is 2. The van der Waals surface area contributed by atoms with Crippen molar-refractivity contribution in [2.24, 2.45) is 5.92 Å². The quantitative estimate of drug-likeness (QED) is 0.830. The molecule has 1 unspecified atom stereocenters. The van der Waals surface area contributed by atoms with Crippen LogP contribution in [0.1, 0.15) is 56.6 Å². The summed E-state index contributed by atoms with van der Waals surface area (Å²) < 4.78 is 14.4. The normalized spacial score (nSPS) is 18.8. The first-order chi connectivity index (χ1) is 8.66. The number of aliphatic hydroxyl groups excluding tert-OH is 1. The molecular weight excluding hydrogens is 295 g/mol. The van der Waals surface area contributed by atoms with E-state index in [9.17, 15) is 9.50 Å². The lowest BCUT2D eigenvalue weighted by Gasteiger charge is -2.22. The Kier molecular flexibility index (Phi) is 5.19. The fraction of sp³-hybridized carbons (Fsp3) is 0.600. The smallest absolute Gasteiger partial charge is 0.130 e. The Morgan fingerprint density at radius 2 is 2.00 bits per heavy atom. The van der Waals surface area contributed by atoms with Crippen molar-refractivity contribution in [2.45, 2.75) is 51.0 Å². The van der Waals surface area contributed by atoms with E-state index < -0.39 is 6.10 Å². The molecule has 0 radical (unpaired) electrons. The molecule has 0 spiro atoms. The van der Waals surface area contributed by atoms with Crippen molar-refractivity contribution in [3.8, 4) is 0 Å². The van der Waals surface area contributed by atoms with Gasteiger partial charge in [-0.3, -0.25) is 0 Å². The summed E-state index contributed by atoms with van der Waals surface area (Å²) in [6, 6.07) is 4.87. The number of aliphatic hydroxyl groups is 1. The minimum Gasteiger partial charge on any atom is -0.388 e. The van der Waals surface area contributed by atoms with Gasteiger partial charge in [0.05, 0.1) is 6.10 Å². The van der Waals surface area contributed by atoms with Gasteiger partial charge in [0.25, 0.3) is 0 Å². The summed E-state index contributed by atoms with van der Waals surface area (Å²) in [4.78, 5) is 0. The molecule has 18 heavy (non-hydrogen) atoms. The zero-order valence-corrected chi connectivity index (χ0v) is 12.1. The Morgan fingerprint density at radius 1 is 1.28 bits per heavy atom. The van der Waals surface area contributed by atoms with Crippen molar-refractivity contribution < 1.29 is 9.50 Å². The molecule has 1 N–H and O–H groups in total. The average molecular weight is 315 g/mol. The molecule has 1 atom stereocenters. The van der Waals surface area contributed by atoms with Crippen LogP contribution in [0.5, 0.6) is 0 Å². The van der Waals surface area contributed by atoms with Crippen molar-refractivity contribution >= 4 is 15.9 Å². The summed E-state index contributed by atoms with van der Waals surface area (Å²) in [6.45, 7) is 0. The molecule has 0 amide bonds. The van der Waals surface area contributed by atoms with Crippen LogP contribution in [0.25, 0.3) is 0 Å². The van der Waals surface area contributed by atoms with Crippen LogP contribution >= 0.6 is 15.9 Å². The molecular formula is C15H20BrFO. The fourth-order valence-electron chi connectivity index (χ4n) is 2.80. The standard InChI is InChI=1S/C15H20BrFO/c16-12-7-8-13(14(17)10-12)15(18)9-6-11-4-2-1-3-5-11/h7-8,10-11,15,18H,1-6,9H2. The van der Waals surface area contributed by atoms with E-state index in [4.69, 9.17) is 0 Å². The van der Waals surface area contributed by atoms with Crippen molar-refractivity contribution in [1.82, 2.24) is 0 Å². The van der Waals surface area contributed by atoms with Crippen LogP contribution in [0.2, 0.25) is 0 Å². The van der Waals surface area contributed by atoms with E-state index in [2.05, 4.69) is 15.9 Å². The highest BCUT2D eigenvalue weighted by Crippen LogP contribution is 2.31. The maximum absolute atomic E-state index is 13.7. The highest BCUT2D eigenvalue weighted by atomic mass is 79.9.